The summed E-state index contributed by atoms with van der Waals surface area (Å²) in [5.41, 5.74) is 7.23. The van der Waals surface area contributed by atoms with E-state index in [0.717, 1.165) is 88.1 Å². The van der Waals surface area contributed by atoms with Crippen molar-refractivity contribution < 1.29 is 4.42 Å². The fourth-order valence-corrected chi connectivity index (χ4v) is 9.34. The van der Waals surface area contributed by atoms with Crippen molar-refractivity contribution in [3.63, 3.8) is 0 Å². The summed E-state index contributed by atoms with van der Waals surface area (Å²) in [6.45, 7) is 12.3. The lowest BCUT2D eigenvalue weighted by Crippen LogP contribution is -2.38. The quantitative estimate of drug-likeness (QED) is 0.156. The van der Waals surface area contributed by atoms with Gasteiger partial charge in [0, 0.05) is 16.7 Å². The van der Waals surface area contributed by atoms with E-state index in [0.29, 0.717) is 5.89 Å². The molecule has 0 atom stereocenters. The number of rotatable bonds is 6. The zero-order chi connectivity index (χ0) is 42.8. The molecule has 9 aromatic rings. The SMILES string of the molecule is CC1(C)N=c2cccc(N(c3ccc(-c4ccc(-c5nc6ccccc6o5)cc4)c4c3=NC(C)(C)N=4)c3ccc(-c4ccc5cc6ccccc6cc5c4)c4c3=NC(C)(C)N=4)c2=N1. The van der Waals surface area contributed by atoms with Crippen LogP contribution in [0.2, 0.25) is 0 Å². The standard InChI is InChI=1S/C54H42N8O/c1-52(2)56-41-15-11-16-42(48(41)59-52)62(44-27-25-39(47-50(44)61-54(5,6)58-47)36-23-22-35-28-33-12-7-8-13-34(33)29-37(35)30-36)43-26-24-38(46-49(43)60-53(3,4)57-46)31-18-20-32(21-19-31)51-55-40-14-9-10-17-45(40)63-51/h7-30H,1-6H3. The minimum atomic E-state index is -0.702. The first-order chi connectivity index (χ1) is 30.4. The molecule has 0 aliphatic carbocycles. The van der Waals surface area contributed by atoms with Gasteiger partial charge in [-0.25, -0.2) is 4.98 Å². The molecule has 3 aliphatic heterocycles. The van der Waals surface area contributed by atoms with Crippen LogP contribution in [0.4, 0.5) is 17.1 Å². The first kappa shape index (κ1) is 37.1. The molecule has 0 radical (unpaired) electrons. The summed E-state index contributed by atoms with van der Waals surface area (Å²) in [5.74, 6) is 0.587. The van der Waals surface area contributed by atoms with Gasteiger partial charge in [-0.2, -0.15) is 0 Å². The van der Waals surface area contributed by atoms with Crippen LogP contribution in [0.25, 0.3) is 66.4 Å². The Morgan fingerprint density at radius 1 is 0.397 bits per heavy atom. The number of hydrogen-bond acceptors (Lipinski definition) is 9. The molecule has 0 saturated carbocycles. The summed E-state index contributed by atoms with van der Waals surface area (Å²) < 4.78 is 6.10. The minimum absolute atomic E-state index is 0.587. The van der Waals surface area contributed by atoms with Crippen molar-refractivity contribution >= 4 is 49.7 Å². The van der Waals surface area contributed by atoms with Crippen molar-refractivity contribution in [3.8, 4) is 33.7 Å². The molecule has 0 bridgehead atoms. The molecule has 304 valence electrons. The second-order valence-corrected chi connectivity index (χ2v) is 18.1. The highest BCUT2D eigenvalue weighted by Gasteiger charge is 2.31. The molecule has 0 N–H and O–H groups in total. The van der Waals surface area contributed by atoms with Crippen molar-refractivity contribution in [3.05, 3.63) is 178 Å². The highest BCUT2D eigenvalue weighted by Crippen LogP contribution is 2.34. The topological polar surface area (TPSA) is 103 Å². The van der Waals surface area contributed by atoms with E-state index >= 15 is 0 Å². The second kappa shape index (κ2) is 13.2. The summed E-state index contributed by atoms with van der Waals surface area (Å²) in [6.07, 6.45) is 0. The van der Waals surface area contributed by atoms with Gasteiger partial charge in [0.25, 0.3) is 0 Å². The van der Waals surface area contributed by atoms with E-state index in [1.165, 1.54) is 21.5 Å². The summed E-state index contributed by atoms with van der Waals surface area (Å²) in [7, 11) is 0. The molecule has 0 fully saturated rings. The Labute approximate surface area is 362 Å². The highest BCUT2D eigenvalue weighted by molar-refractivity contribution is 5.99. The smallest absolute Gasteiger partial charge is 0.227 e. The number of fused-ring (bicyclic) bond motifs is 6. The molecule has 0 amide bonds. The minimum Gasteiger partial charge on any atom is -0.436 e. The van der Waals surface area contributed by atoms with Gasteiger partial charge in [0.05, 0.1) is 33.1 Å². The molecule has 0 saturated heterocycles. The van der Waals surface area contributed by atoms with Gasteiger partial charge in [-0.05, 0) is 153 Å². The molecule has 4 heterocycles. The summed E-state index contributed by atoms with van der Waals surface area (Å²) in [4.78, 5) is 38.5. The van der Waals surface area contributed by atoms with Crippen LogP contribution in [0.15, 0.2) is 180 Å². The van der Waals surface area contributed by atoms with Gasteiger partial charge in [-0.15, -0.1) is 0 Å². The van der Waals surface area contributed by atoms with Gasteiger partial charge in [0.2, 0.25) is 5.89 Å². The van der Waals surface area contributed by atoms with Crippen molar-refractivity contribution in [1.29, 1.82) is 0 Å². The second-order valence-electron chi connectivity index (χ2n) is 18.1. The van der Waals surface area contributed by atoms with Crippen LogP contribution in [0.5, 0.6) is 0 Å². The van der Waals surface area contributed by atoms with Gasteiger partial charge in [-0.3, -0.25) is 30.0 Å². The molecular formula is C54H42N8O. The van der Waals surface area contributed by atoms with Gasteiger partial charge < -0.3 is 9.32 Å². The number of nitrogens with zero attached hydrogens (tertiary/aromatic N) is 8. The van der Waals surface area contributed by atoms with Gasteiger partial charge in [0.1, 0.15) is 38.6 Å². The highest BCUT2D eigenvalue weighted by atomic mass is 16.3. The molecule has 3 aliphatic rings. The zero-order valence-electron chi connectivity index (χ0n) is 35.8. The summed E-state index contributed by atoms with van der Waals surface area (Å²) in [5, 5.41) is 9.76. The van der Waals surface area contributed by atoms with Crippen molar-refractivity contribution in [2.75, 3.05) is 4.90 Å². The fraction of sp³-hybridized carbons (Fsp3) is 0.167. The van der Waals surface area contributed by atoms with Gasteiger partial charge >= 0.3 is 0 Å². The Morgan fingerprint density at radius 3 is 1.60 bits per heavy atom. The van der Waals surface area contributed by atoms with Crippen molar-refractivity contribution in [1.82, 2.24) is 4.98 Å². The molecule has 12 rings (SSSR count). The van der Waals surface area contributed by atoms with E-state index in [1.807, 2.05) is 58.0 Å². The maximum atomic E-state index is 6.10. The largest absolute Gasteiger partial charge is 0.436 e. The molecule has 63 heavy (non-hydrogen) atoms. The average Bonchev–Trinajstić information content (AvgIpc) is 4.02. The third kappa shape index (κ3) is 6.17. The van der Waals surface area contributed by atoms with Crippen LogP contribution in [0, 0.1) is 0 Å². The van der Waals surface area contributed by atoms with Crippen LogP contribution < -0.4 is 37.0 Å². The van der Waals surface area contributed by atoms with E-state index in [2.05, 4.69) is 134 Å². The average molecular weight is 819 g/mol. The lowest BCUT2D eigenvalue weighted by Gasteiger charge is -2.26. The van der Waals surface area contributed by atoms with Crippen molar-refractivity contribution in [2.24, 2.45) is 30.0 Å². The third-order valence-electron chi connectivity index (χ3n) is 12.0. The molecule has 1 aromatic heterocycles. The van der Waals surface area contributed by atoms with E-state index in [4.69, 9.17) is 39.4 Å². The Balaban J connectivity index is 1.06. The number of para-hydroxylation sites is 3. The maximum Gasteiger partial charge on any atom is 0.227 e. The predicted octanol–water partition coefficient (Wildman–Crippen LogP) is 9.57. The molecule has 8 aromatic carbocycles. The molecule has 0 spiro atoms. The Kier molecular flexibility index (Phi) is 7.77. The molecule has 0 unspecified atom stereocenters. The first-order valence-corrected chi connectivity index (χ1v) is 21.4. The fourth-order valence-electron chi connectivity index (χ4n) is 9.34. The number of hydrogen-bond donors (Lipinski definition) is 0. The first-order valence-electron chi connectivity index (χ1n) is 21.4. The van der Waals surface area contributed by atoms with Crippen LogP contribution >= 0.6 is 0 Å². The number of anilines is 3. The number of oxazole rings is 1. The molecular weight excluding hydrogens is 777 g/mol. The third-order valence-corrected chi connectivity index (χ3v) is 12.0. The lowest BCUT2D eigenvalue weighted by atomic mass is 9.97. The van der Waals surface area contributed by atoms with E-state index in [1.54, 1.807) is 0 Å². The number of benzene rings is 8. The van der Waals surface area contributed by atoms with Crippen molar-refractivity contribution in [2.45, 2.75) is 58.5 Å². The number of aromatic nitrogens is 1. The van der Waals surface area contributed by atoms with Crippen LogP contribution in [-0.2, 0) is 0 Å². The normalized spacial score (nSPS) is 16.0. The summed E-state index contributed by atoms with van der Waals surface area (Å²) >= 11 is 0. The summed E-state index contributed by atoms with van der Waals surface area (Å²) in [6, 6.07) is 50.8. The zero-order valence-corrected chi connectivity index (χ0v) is 35.8. The van der Waals surface area contributed by atoms with Gasteiger partial charge in [0.15, 0.2) is 5.58 Å². The predicted molar refractivity (Wildman–Crippen MR) is 249 cm³/mol. The Bertz CT molecular complexity index is 3810. The monoisotopic (exact) mass is 818 g/mol. The molecule has 9 nitrogen and oxygen atoms in total. The van der Waals surface area contributed by atoms with E-state index < -0.39 is 17.0 Å². The van der Waals surface area contributed by atoms with Crippen LogP contribution in [-0.4, -0.2) is 22.0 Å². The molecule has 9 heteroatoms. The van der Waals surface area contributed by atoms with Crippen LogP contribution in [0.3, 0.4) is 0 Å². The van der Waals surface area contributed by atoms with Crippen LogP contribution in [0.1, 0.15) is 41.5 Å². The maximum absolute atomic E-state index is 6.10. The Hall–Kier alpha value is -7.65. The lowest BCUT2D eigenvalue weighted by molar-refractivity contribution is 0.549. The van der Waals surface area contributed by atoms with E-state index in [9.17, 15) is 0 Å². The Morgan fingerprint density at radius 2 is 0.921 bits per heavy atom. The van der Waals surface area contributed by atoms with Gasteiger partial charge in [-0.1, -0.05) is 66.7 Å². The van der Waals surface area contributed by atoms with E-state index in [-0.39, 0.29) is 0 Å².